The summed E-state index contributed by atoms with van der Waals surface area (Å²) >= 11 is 0. The van der Waals surface area contributed by atoms with Crippen molar-refractivity contribution < 1.29 is 0 Å². The van der Waals surface area contributed by atoms with Crippen LogP contribution in [0.2, 0.25) is 0 Å². The van der Waals surface area contributed by atoms with E-state index >= 15 is 0 Å². The fourth-order valence-corrected chi connectivity index (χ4v) is 1.65. The molecule has 2 aromatic rings. The highest BCUT2D eigenvalue weighted by molar-refractivity contribution is 5.45. The van der Waals surface area contributed by atoms with E-state index in [1.54, 1.807) is 6.20 Å². The van der Waals surface area contributed by atoms with Crippen LogP contribution in [0.3, 0.4) is 0 Å². The third-order valence-corrected chi connectivity index (χ3v) is 2.48. The number of nitrogens with zero attached hydrogens (tertiary/aromatic N) is 1. The summed E-state index contributed by atoms with van der Waals surface area (Å²) in [7, 11) is 0. The van der Waals surface area contributed by atoms with E-state index in [1.165, 1.54) is 16.8 Å². The van der Waals surface area contributed by atoms with Crippen molar-refractivity contribution in [1.82, 2.24) is 4.98 Å². The first-order valence-electron chi connectivity index (χ1n) is 5.54. The third-order valence-electron chi connectivity index (χ3n) is 2.48. The molecular weight excluding hydrogens is 196 g/mol. The van der Waals surface area contributed by atoms with Crippen molar-refractivity contribution in [1.29, 1.82) is 0 Å². The Hall–Kier alpha value is -1.83. The molecule has 0 radical (unpaired) electrons. The van der Waals surface area contributed by atoms with Gasteiger partial charge in [-0.15, -0.1) is 0 Å². The lowest BCUT2D eigenvalue weighted by atomic mass is 10.2. The molecule has 0 saturated heterocycles. The van der Waals surface area contributed by atoms with Crippen molar-refractivity contribution in [3.8, 4) is 0 Å². The van der Waals surface area contributed by atoms with E-state index in [2.05, 4.69) is 47.6 Å². The van der Waals surface area contributed by atoms with Crippen LogP contribution < -0.4 is 5.32 Å². The molecule has 0 bridgehead atoms. The molecule has 2 heteroatoms. The molecule has 0 unspecified atom stereocenters. The zero-order chi connectivity index (χ0) is 11.2. The quantitative estimate of drug-likeness (QED) is 0.842. The number of benzene rings is 1. The van der Waals surface area contributed by atoms with Gasteiger partial charge in [-0.25, -0.2) is 0 Å². The van der Waals surface area contributed by atoms with Gasteiger partial charge in [0.2, 0.25) is 0 Å². The van der Waals surface area contributed by atoms with E-state index in [0.717, 1.165) is 13.0 Å². The largest absolute Gasteiger partial charge is 0.385 e. The summed E-state index contributed by atoms with van der Waals surface area (Å²) in [5.41, 5.74) is 3.73. The number of nitrogens with one attached hydrogen (secondary N) is 1. The van der Waals surface area contributed by atoms with Crippen molar-refractivity contribution in [2.75, 3.05) is 11.9 Å². The van der Waals surface area contributed by atoms with Crippen molar-refractivity contribution >= 4 is 5.69 Å². The molecule has 0 saturated carbocycles. The highest BCUT2D eigenvalue weighted by Gasteiger charge is 1.93. The van der Waals surface area contributed by atoms with Crippen molar-refractivity contribution in [2.24, 2.45) is 0 Å². The molecule has 0 aliphatic heterocycles. The smallest absolute Gasteiger partial charge is 0.0342 e. The number of aryl methyl sites for hydroxylation is 1. The second kappa shape index (κ2) is 5.31. The minimum absolute atomic E-state index is 0.940. The number of hydrogen-bond donors (Lipinski definition) is 1. The summed E-state index contributed by atoms with van der Waals surface area (Å²) in [6.07, 6.45) is 4.72. The van der Waals surface area contributed by atoms with E-state index in [0.29, 0.717) is 0 Å². The summed E-state index contributed by atoms with van der Waals surface area (Å²) < 4.78 is 0. The van der Waals surface area contributed by atoms with Gasteiger partial charge in [0.1, 0.15) is 0 Å². The van der Waals surface area contributed by atoms with E-state index in [-0.39, 0.29) is 0 Å². The first-order chi connectivity index (χ1) is 7.84. The topological polar surface area (TPSA) is 24.9 Å². The molecular formula is C14H16N2. The minimum Gasteiger partial charge on any atom is -0.385 e. The summed E-state index contributed by atoms with van der Waals surface area (Å²) in [5.74, 6) is 0. The molecule has 0 amide bonds. The van der Waals surface area contributed by atoms with Gasteiger partial charge in [-0.05, 0) is 42.7 Å². The van der Waals surface area contributed by atoms with Crippen LogP contribution in [0.25, 0.3) is 0 Å². The fourth-order valence-electron chi connectivity index (χ4n) is 1.65. The average molecular weight is 212 g/mol. The van der Waals surface area contributed by atoms with Crippen LogP contribution in [0, 0.1) is 6.92 Å². The third kappa shape index (κ3) is 3.09. The zero-order valence-electron chi connectivity index (χ0n) is 9.48. The van der Waals surface area contributed by atoms with Gasteiger partial charge in [-0.1, -0.05) is 18.2 Å². The Bertz CT molecular complexity index is 437. The van der Waals surface area contributed by atoms with Crippen LogP contribution in [0.4, 0.5) is 5.69 Å². The lowest BCUT2D eigenvalue weighted by Crippen LogP contribution is -2.04. The SMILES string of the molecule is Cc1cccc(NCCc2cccnc2)c1. The second-order valence-corrected chi connectivity index (χ2v) is 3.91. The van der Waals surface area contributed by atoms with Gasteiger partial charge in [0.15, 0.2) is 0 Å². The average Bonchev–Trinajstić information content (AvgIpc) is 2.30. The Morgan fingerprint density at radius 1 is 1.19 bits per heavy atom. The van der Waals surface area contributed by atoms with Crippen molar-refractivity contribution in [3.63, 3.8) is 0 Å². The van der Waals surface area contributed by atoms with E-state index in [9.17, 15) is 0 Å². The van der Waals surface area contributed by atoms with Crippen LogP contribution >= 0.6 is 0 Å². The van der Waals surface area contributed by atoms with Crippen LogP contribution in [0.15, 0.2) is 48.8 Å². The number of pyridine rings is 1. The summed E-state index contributed by atoms with van der Waals surface area (Å²) in [6, 6.07) is 12.5. The molecule has 1 aromatic carbocycles. The summed E-state index contributed by atoms with van der Waals surface area (Å²) in [4.78, 5) is 4.10. The fraction of sp³-hybridized carbons (Fsp3) is 0.214. The van der Waals surface area contributed by atoms with Gasteiger partial charge >= 0.3 is 0 Å². The number of hydrogen-bond acceptors (Lipinski definition) is 2. The van der Waals surface area contributed by atoms with Gasteiger partial charge in [-0.2, -0.15) is 0 Å². The molecule has 0 fully saturated rings. The van der Waals surface area contributed by atoms with Crippen LogP contribution in [0.1, 0.15) is 11.1 Å². The molecule has 2 rings (SSSR count). The van der Waals surface area contributed by atoms with Crippen LogP contribution in [0.5, 0.6) is 0 Å². The Labute approximate surface area is 96.4 Å². The maximum absolute atomic E-state index is 4.10. The number of rotatable bonds is 4. The molecule has 0 spiro atoms. The number of anilines is 1. The first kappa shape index (κ1) is 10.7. The lowest BCUT2D eigenvalue weighted by molar-refractivity contribution is 1.00. The molecule has 1 heterocycles. The van der Waals surface area contributed by atoms with Gasteiger partial charge in [0, 0.05) is 24.6 Å². The maximum Gasteiger partial charge on any atom is 0.0342 e. The molecule has 0 aliphatic rings. The molecule has 2 nitrogen and oxygen atoms in total. The Morgan fingerprint density at radius 3 is 2.88 bits per heavy atom. The van der Waals surface area contributed by atoms with Crippen molar-refractivity contribution in [2.45, 2.75) is 13.3 Å². The minimum atomic E-state index is 0.940. The predicted octanol–water partition coefficient (Wildman–Crippen LogP) is 3.04. The van der Waals surface area contributed by atoms with Crippen LogP contribution in [-0.4, -0.2) is 11.5 Å². The standard InChI is InChI=1S/C14H16N2/c1-12-4-2-6-14(10-12)16-9-7-13-5-3-8-15-11-13/h2-6,8,10-11,16H,7,9H2,1H3. The Morgan fingerprint density at radius 2 is 2.12 bits per heavy atom. The van der Waals surface area contributed by atoms with Crippen molar-refractivity contribution in [3.05, 3.63) is 59.9 Å². The van der Waals surface area contributed by atoms with Gasteiger partial charge in [-0.3, -0.25) is 4.98 Å². The molecule has 82 valence electrons. The molecule has 1 N–H and O–H groups in total. The Kier molecular flexibility index (Phi) is 3.54. The highest BCUT2D eigenvalue weighted by Crippen LogP contribution is 2.09. The second-order valence-electron chi connectivity index (χ2n) is 3.91. The maximum atomic E-state index is 4.10. The van der Waals surface area contributed by atoms with E-state index in [1.807, 2.05) is 12.3 Å². The molecule has 0 atom stereocenters. The highest BCUT2D eigenvalue weighted by atomic mass is 14.9. The van der Waals surface area contributed by atoms with E-state index < -0.39 is 0 Å². The Balaban J connectivity index is 1.85. The summed E-state index contributed by atoms with van der Waals surface area (Å²) in [5, 5.41) is 3.41. The predicted molar refractivity (Wildman–Crippen MR) is 67.6 cm³/mol. The summed E-state index contributed by atoms with van der Waals surface area (Å²) in [6.45, 7) is 3.04. The monoisotopic (exact) mass is 212 g/mol. The lowest BCUT2D eigenvalue weighted by Gasteiger charge is -2.06. The number of aromatic nitrogens is 1. The van der Waals surface area contributed by atoms with Gasteiger partial charge < -0.3 is 5.32 Å². The zero-order valence-corrected chi connectivity index (χ0v) is 9.48. The van der Waals surface area contributed by atoms with E-state index in [4.69, 9.17) is 0 Å². The molecule has 16 heavy (non-hydrogen) atoms. The normalized spacial score (nSPS) is 10.1. The molecule has 1 aromatic heterocycles. The van der Waals surface area contributed by atoms with Crippen LogP contribution in [-0.2, 0) is 6.42 Å². The van der Waals surface area contributed by atoms with Gasteiger partial charge in [0.25, 0.3) is 0 Å². The molecule has 0 aliphatic carbocycles. The van der Waals surface area contributed by atoms with Gasteiger partial charge in [0.05, 0.1) is 0 Å². The first-order valence-corrected chi connectivity index (χ1v) is 5.54.